The Hall–Kier alpha value is -1.14. The van der Waals surface area contributed by atoms with E-state index in [1.807, 2.05) is 0 Å². The molecule has 1 fully saturated rings. The first kappa shape index (κ1) is 10.9. The van der Waals surface area contributed by atoms with Crippen molar-refractivity contribution in [2.24, 2.45) is 5.73 Å². The molecule has 0 bridgehead atoms. The van der Waals surface area contributed by atoms with Gasteiger partial charge >= 0.3 is 5.97 Å². The zero-order valence-electron chi connectivity index (χ0n) is 8.02. The number of carboxylic acids is 1. The third-order valence-corrected chi connectivity index (χ3v) is 2.35. The number of carbonyl (C=O) groups is 2. The van der Waals surface area contributed by atoms with Gasteiger partial charge in [0.05, 0.1) is 0 Å². The summed E-state index contributed by atoms with van der Waals surface area (Å²) in [5.74, 6) is -1.29. The SMILES string of the molecule is COCC(=O)N1CCC(N)(C(=O)O)C1. The molecule has 0 aromatic carbocycles. The van der Waals surface area contributed by atoms with Crippen molar-refractivity contribution in [3.05, 3.63) is 0 Å². The Kier molecular flexibility index (Phi) is 3.07. The van der Waals surface area contributed by atoms with Crippen LogP contribution in [0.5, 0.6) is 0 Å². The van der Waals surface area contributed by atoms with E-state index in [4.69, 9.17) is 10.8 Å². The minimum atomic E-state index is -1.29. The molecule has 1 rings (SSSR count). The summed E-state index contributed by atoms with van der Waals surface area (Å²) in [6.07, 6.45) is 0.289. The molecule has 0 spiro atoms. The molecule has 6 nitrogen and oxygen atoms in total. The predicted molar refractivity (Wildman–Crippen MR) is 47.6 cm³/mol. The van der Waals surface area contributed by atoms with Crippen LogP contribution in [-0.4, -0.2) is 54.2 Å². The Morgan fingerprint density at radius 2 is 2.29 bits per heavy atom. The minimum absolute atomic E-state index is 0.0320. The van der Waals surface area contributed by atoms with Crippen LogP contribution in [0.15, 0.2) is 0 Å². The molecule has 0 saturated carbocycles. The van der Waals surface area contributed by atoms with Crippen LogP contribution in [0.1, 0.15) is 6.42 Å². The lowest BCUT2D eigenvalue weighted by molar-refractivity contribution is -0.143. The van der Waals surface area contributed by atoms with Crippen molar-refractivity contribution in [3.63, 3.8) is 0 Å². The second kappa shape index (κ2) is 3.93. The predicted octanol–water partition coefficient (Wildman–Crippen LogP) is -1.35. The van der Waals surface area contributed by atoms with Gasteiger partial charge in [-0.25, -0.2) is 0 Å². The van der Waals surface area contributed by atoms with Crippen LogP contribution < -0.4 is 5.73 Å². The van der Waals surface area contributed by atoms with Crippen molar-refractivity contribution in [1.29, 1.82) is 0 Å². The van der Waals surface area contributed by atoms with Gasteiger partial charge in [-0.2, -0.15) is 0 Å². The number of likely N-dealkylation sites (tertiary alicyclic amines) is 1. The van der Waals surface area contributed by atoms with Gasteiger partial charge in [0.25, 0.3) is 0 Å². The molecule has 1 aliphatic rings. The van der Waals surface area contributed by atoms with E-state index in [1.54, 1.807) is 0 Å². The van der Waals surface area contributed by atoms with Crippen molar-refractivity contribution in [2.75, 3.05) is 26.8 Å². The molecule has 1 heterocycles. The number of carbonyl (C=O) groups excluding carboxylic acids is 1. The van der Waals surface area contributed by atoms with Crippen LogP contribution in [0, 0.1) is 0 Å². The molecular formula is C8H14N2O4. The zero-order chi connectivity index (χ0) is 10.8. The molecule has 1 amide bonds. The highest BCUT2D eigenvalue weighted by Crippen LogP contribution is 2.18. The number of nitrogens with two attached hydrogens (primary N) is 1. The summed E-state index contributed by atoms with van der Waals surface area (Å²) in [5.41, 5.74) is 4.30. The maximum Gasteiger partial charge on any atom is 0.325 e. The van der Waals surface area contributed by atoms with Gasteiger partial charge in [0.15, 0.2) is 0 Å². The molecule has 0 aliphatic carbocycles. The van der Waals surface area contributed by atoms with E-state index < -0.39 is 11.5 Å². The van der Waals surface area contributed by atoms with Crippen LogP contribution in [0.25, 0.3) is 0 Å². The normalized spacial score (nSPS) is 26.6. The molecule has 1 atom stereocenters. The highest BCUT2D eigenvalue weighted by atomic mass is 16.5. The van der Waals surface area contributed by atoms with Gasteiger partial charge < -0.3 is 20.5 Å². The number of nitrogens with zero attached hydrogens (tertiary/aromatic N) is 1. The maximum atomic E-state index is 11.3. The van der Waals surface area contributed by atoms with Crippen molar-refractivity contribution >= 4 is 11.9 Å². The highest BCUT2D eigenvalue weighted by Gasteiger charge is 2.42. The highest BCUT2D eigenvalue weighted by molar-refractivity contribution is 5.83. The molecule has 0 aromatic rings. The van der Waals surface area contributed by atoms with Crippen molar-refractivity contribution in [2.45, 2.75) is 12.0 Å². The van der Waals surface area contributed by atoms with Crippen LogP contribution in [0.3, 0.4) is 0 Å². The Morgan fingerprint density at radius 3 is 2.71 bits per heavy atom. The van der Waals surface area contributed by atoms with E-state index in [0.717, 1.165) is 0 Å². The fourth-order valence-electron chi connectivity index (χ4n) is 1.44. The fraction of sp³-hybridized carbons (Fsp3) is 0.750. The van der Waals surface area contributed by atoms with Gasteiger partial charge in [0.1, 0.15) is 12.1 Å². The number of hydrogen-bond acceptors (Lipinski definition) is 4. The summed E-state index contributed by atoms with van der Waals surface area (Å²) < 4.78 is 4.67. The summed E-state index contributed by atoms with van der Waals surface area (Å²) in [6.45, 7) is 0.408. The Bertz CT molecular complexity index is 256. The second-order valence-corrected chi connectivity index (χ2v) is 3.46. The Labute approximate surface area is 81.6 Å². The molecule has 1 unspecified atom stereocenters. The van der Waals surface area contributed by atoms with E-state index in [-0.39, 0.29) is 25.5 Å². The van der Waals surface area contributed by atoms with Crippen LogP contribution in [0.2, 0.25) is 0 Å². The number of carboxylic acid groups (broad SMARTS) is 1. The lowest BCUT2D eigenvalue weighted by atomic mass is 10.0. The summed E-state index contributed by atoms with van der Waals surface area (Å²) in [6, 6.07) is 0. The molecule has 6 heteroatoms. The number of hydrogen-bond donors (Lipinski definition) is 2. The summed E-state index contributed by atoms with van der Waals surface area (Å²) in [5, 5.41) is 8.81. The standard InChI is InChI=1S/C8H14N2O4/c1-14-4-6(11)10-3-2-8(9,5-10)7(12)13/h2-5,9H2,1H3,(H,12,13). The lowest BCUT2D eigenvalue weighted by Gasteiger charge is -2.19. The first-order valence-corrected chi connectivity index (χ1v) is 4.28. The smallest absolute Gasteiger partial charge is 0.325 e. The number of rotatable bonds is 3. The summed E-state index contributed by atoms with van der Waals surface area (Å²) in [7, 11) is 1.42. The number of methoxy groups -OCH3 is 1. The maximum absolute atomic E-state index is 11.3. The van der Waals surface area contributed by atoms with Gasteiger partial charge in [0, 0.05) is 20.2 Å². The fourth-order valence-corrected chi connectivity index (χ4v) is 1.44. The molecule has 80 valence electrons. The van der Waals surface area contributed by atoms with Gasteiger partial charge in [0.2, 0.25) is 5.91 Å². The number of aliphatic carboxylic acids is 1. The number of amides is 1. The van der Waals surface area contributed by atoms with Crippen LogP contribution >= 0.6 is 0 Å². The van der Waals surface area contributed by atoms with Crippen molar-refractivity contribution in [1.82, 2.24) is 4.90 Å². The van der Waals surface area contributed by atoms with Crippen molar-refractivity contribution < 1.29 is 19.4 Å². The third-order valence-electron chi connectivity index (χ3n) is 2.35. The lowest BCUT2D eigenvalue weighted by Crippen LogP contribution is -2.50. The average molecular weight is 202 g/mol. The zero-order valence-corrected chi connectivity index (χ0v) is 8.02. The summed E-state index contributed by atoms with van der Waals surface area (Å²) in [4.78, 5) is 23.5. The Morgan fingerprint density at radius 1 is 1.64 bits per heavy atom. The Balaban J connectivity index is 2.56. The third kappa shape index (κ3) is 2.02. The molecule has 0 aromatic heterocycles. The van der Waals surface area contributed by atoms with Gasteiger partial charge in [-0.15, -0.1) is 0 Å². The van der Waals surface area contributed by atoms with Gasteiger partial charge in [-0.3, -0.25) is 9.59 Å². The molecule has 1 saturated heterocycles. The van der Waals surface area contributed by atoms with E-state index in [2.05, 4.69) is 4.74 Å². The topological polar surface area (TPSA) is 92.9 Å². The minimum Gasteiger partial charge on any atom is -0.480 e. The second-order valence-electron chi connectivity index (χ2n) is 3.46. The van der Waals surface area contributed by atoms with E-state index in [0.29, 0.717) is 6.54 Å². The van der Waals surface area contributed by atoms with E-state index in [9.17, 15) is 9.59 Å². The van der Waals surface area contributed by atoms with Gasteiger partial charge in [-0.05, 0) is 6.42 Å². The molecule has 14 heavy (non-hydrogen) atoms. The van der Waals surface area contributed by atoms with Gasteiger partial charge in [-0.1, -0.05) is 0 Å². The first-order valence-electron chi connectivity index (χ1n) is 4.28. The quantitative estimate of drug-likeness (QED) is 0.590. The van der Waals surface area contributed by atoms with Crippen LogP contribution in [0.4, 0.5) is 0 Å². The summed E-state index contributed by atoms with van der Waals surface area (Å²) >= 11 is 0. The van der Waals surface area contributed by atoms with E-state index >= 15 is 0 Å². The molecule has 0 radical (unpaired) electrons. The molecule has 1 aliphatic heterocycles. The monoisotopic (exact) mass is 202 g/mol. The average Bonchev–Trinajstić information content (AvgIpc) is 2.50. The number of ether oxygens (including phenoxy) is 1. The first-order chi connectivity index (χ1) is 6.49. The van der Waals surface area contributed by atoms with Crippen LogP contribution in [-0.2, 0) is 14.3 Å². The molecular weight excluding hydrogens is 188 g/mol. The largest absolute Gasteiger partial charge is 0.480 e. The van der Waals surface area contributed by atoms with E-state index in [1.165, 1.54) is 12.0 Å². The molecule has 3 N–H and O–H groups in total. The van der Waals surface area contributed by atoms with Crippen molar-refractivity contribution in [3.8, 4) is 0 Å².